The third-order valence-electron chi connectivity index (χ3n) is 1.77. The summed E-state index contributed by atoms with van der Waals surface area (Å²) in [4.78, 5) is 14.7. The number of nitrogens with zero attached hydrogens (tertiary/aromatic N) is 1. The number of rotatable bonds is 4. The second-order valence-corrected chi connectivity index (χ2v) is 3.10. The van der Waals surface area contributed by atoms with Crippen molar-refractivity contribution in [1.82, 2.24) is 10.3 Å². The van der Waals surface area contributed by atoms with Crippen LogP contribution >= 0.6 is 12.4 Å². The lowest BCUT2D eigenvalue weighted by atomic mass is 10.3. The van der Waals surface area contributed by atoms with Crippen molar-refractivity contribution in [1.29, 1.82) is 0 Å². The SMILES string of the molecule is Cl.NCC(F)(F)CNC(=O)c1ccc(F)cn1. The first kappa shape index (κ1) is 15.7. The maximum atomic E-state index is 12.7. The summed E-state index contributed by atoms with van der Waals surface area (Å²) < 4.78 is 37.8. The normalized spacial score (nSPS) is 10.6. The molecule has 0 fully saturated rings. The number of nitrogens with two attached hydrogens (primary N) is 1. The van der Waals surface area contributed by atoms with Crippen LogP contribution in [0.5, 0.6) is 0 Å². The molecular weight excluding hydrogens is 259 g/mol. The lowest BCUT2D eigenvalue weighted by Gasteiger charge is -2.14. The number of hydrogen-bond acceptors (Lipinski definition) is 3. The van der Waals surface area contributed by atoms with Crippen LogP contribution in [0.2, 0.25) is 0 Å². The molecule has 4 nitrogen and oxygen atoms in total. The molecule has 0 saturated heterocycles. The number of halogens is 4. The molecule has 1 heterocycles. The topological polar surface area (TPSA) is 68.0 Å². The zero-order valence-corrected chi connectivity index (χ0v) is 9.44. The number of carbonyl (C=O) groups is 1. The highest BCUT2D eigenvalue weighted by molar-refractivity contribution is 5.92. The van der Waals surface area contributed by atoms with Gasteiger partial charge in [-0.15, -0.1) is 12.4 Å². The largest absolute Gasteiger partial charge is 0.345 e. The first-order chi connectivity index (χ1) is 7.44. The first-order valence-electron chi connectivity index (χ1n) is 4.42. The van der Waals surface area contributed by atoms with E-state index in [2.05, 4.69) is 4.98 Å². The van der Waals surface area contributed by atoms with Crippen LogP contribution in [-0.2, 0) is 0 Å². The van der Waals surface area contributed by atoms with Crippen LogP contribution in [0.25, 0.3) is 0 Å². The molecule has 0 aromatic carbocycles. The summed E-state index contributed by atoms with van der Waals surface area (Å²) in [5, 5.41) is 1.96. The second kappa shape index (κ2) is 6.41. The van der Waals surface area contributed by atoms with Gasteiger partial charge in [-0.2, -0.15) is 0 Å². The van der Waals surface area contributed by atoms with Crippen molar-refractivity contribution >= 4 is 18.3 Å². The number of aromatic nitrogens is 1. The highest BCUT2D eigenvalue weighted by atomic mass is 35.5. The summed E-state index contributed by atoms with van der Waals surface area (Å²) in [6, 6.07) is 2.12. The molecule has 0 bridgehead atoms. The second-order valence-electron chi connectivity index (χ2n) is 3.10. The van der Waals surface area contributed by atoms with Gasteiger partial charge in [0.2, 0.25) is 0 Å². The van der Waals surface area contributed by atoms with Crippen LogP contribution < -0.4 is 11.1 Å². The van der Waals surface area contributed by atoms with Crippen LogP contribution in [0.4, 0.5) is 13.2 Å². The minimum Gasteiger partial charge on any atom is -0.345 e. The Kier molecular flexibility index (Phi) is 5.90. The third kappa shape index (κ3) is 5.01. The van der Waals surface area contributed by atoms with Gasteiger partial charge in [0.05, 0.1) is 19.3 Å². The molecule has 0 atom stereocenters. The van der Waals surface area contributed by atoms with Crippen molar-refractivity contribution in [3.8, 4) is 0 Å². The minimum absolute atomic E-state index is 0. The van der Waals surface area contributed by atoms with Gasteiger partial charge in [0.15, 0.2) is 0 Å². The summed E-state index contributed by atoms with van der Waals surface area (Å²) in [5.74, 6) is -4.56. The minimum atomic E-state index is -3.16. The maximum Gasteiger partial charge on any atom is 0.277 e. The average molecular weight is 270 g/mol. The van der Waals surface area contributed by atoms with E-state index in [4.69, 9.17) is 5.73 Å². The molecule has 96 valence electrons. The Morgan fingerprint density at radius 2 is 2.12 bits per heavy atom. The summed E-state index contributed by atoms with van der Waals surface area (Å²) in [6.07, 6.45) is 0.829. The summed E-state index contributed by atoms with van der Waals surface area (Å²) >= 11 is 0. The molecule has 1 aromatic heterocycles. The van der Waals surface area contributed by atoms with Gasteiger partial charge in [-0.3, -0.25) is 4.79 Å². The lowest BCUT2D eigenvalue weighted by molar-refractivity contribution is 0.0118. The molecule has 3 N–H and O–H groups in total. The van der Waals surface area contributed by atoms with E-state index in [0.29, 0.717) is 0 Å². The number of nitrogens with one attached hydrogen (secondary N) is 1. The zero-order valence-electron chi connectivity index (χ0n) is 8.62. The fourth-order valence-electron chi connectivity index (χ4n) is 0.882. The quantitative estimate of drug-likeness (QED) is 0.856. The Morgan fingerprint density at radius 1 is 1.47 bits per heavy atom. The Hall–Kier alpha value is -1.34. The molecule has 0 saturated carbocycles. The predicted molar refractivity (Wildman–Crippen MR) is 57.8 cm³/mol. The van der Waals surface area contributed by atoms with Gasteiger partial charge in [-0.25, -0.2) is 18.2 Å². The number of hydrogen-bond donors (Lipinski definition) is 2. The Balaban J connectivity index is 0.00000256. The molecular formula is C9H11ClF3N3O. The van der Waals surface area contributed by atoms with Crippen molar-refractivity contribution in [2.24, 2.45) is 5.73 Å². The lowest BCUT2D eigenvalue weighted by Crippen LogP contribution is -2.41. The molecule has 0 radical (unpaired) electrons. The Bertz CT molecular complexity index is 372. The monoisotopic (exact) mass is 269 g/mol. The van der Waals surface area contributed by atoms with Crippen molar-refractivity contribution in [3.63, 3.8) is 0 Å². The van der Waals surface area contributed by atoms with Gasteiger partial charge < -0.3 is 11.1 Å². The van der Waals surface area contributed by atoms with Crippen molar-refractivity contribution < 1.29 is 18.0 Å². The van der Waals surface area contributed by atoms with Crippen LogP contribution in [-0.4, -0.2) is 29.9 Å². The standard InChI is InChI=1S/C9H10F3N3O.ClH/c10-6-1-2-7(14-3-6)8(16)15-5-9(11,12)4-13;/h1-3H,4-5,13H2,(H,15,16);1H. The maximum absolute atomic E-state index is 12.7. The number of carbonyl (C=O) groups excluding carboxylic acids is 1. The molecule has 1 rings (SSSR count). The van der Waals surface area contributed by atoms with Crippen molar-refractivity contribution in [3.05, 3.63) is 29.8 Å². The highest BCUT2D eigenvalue weighted by Gasteiger charge is 2.27. The highest BCUT2D eigenvalue weighted by Crippen LogP contribution is 2.09. The van der Waals surface area contributed by atoms with Crippen LogP contribution in [0, 0.1) is 5.82 Å². The van der Waals surface area contributed by atoms with E-state index in [-0.39, 0.29) is 18.1 Å². The third-order valence-corrected chi connectivity index (χ3v) is 1.77. The number of alkyl halides is 2. The molecule has 1 aromatic rings. The smallest absolute Gasteiger partial charge is 0.277 e. The Morgan fingerprint density at radius 3 is 2.59 bits per heavy atom. The van der Waals surface area contributed by atoms with Crippen LogP contribution in [0.3, 0.4) is 0 Å². The van der Waals surface area contributed by atoms with Crippen molar-refractivity contribution in [2.45, 2.75) is 5.92 Å². The van der Waals surface area contributed by atoms with Gasteiger partial charge in [0.1, 0.15) is 11.5 Å². The molecule has 0 unspecified atom stereocenters. The fraction of sp³-hybridized carbons (Fsp3) is 0.333. The molecule has 0 aliphatic carbocycles. The van der Waals surface area contributed by atoms with Crippen LogP contribution in [0.15, 0.2) is 18.3 Å². The van der Waals surface area contributed by atoms with Crippen molar-refractivity contribution in [2.75, 3.05) is 13.1 Å². The van der Waals surface area contributed by atoms with E-state index in [9.17, 15) is 18.0 Å². The van der Waals surface area contributed by atoms with Gasteiger partial charge >= 0.3 is 0 Å². The van der Waals surface area contributed by atoms with Crippen LogP contribution in [0.1, 0.15) is 10.5 Å². The molecule has 0 aliphatic rings. The molecule has 17 heavy (non-hydrogen) atoms. The number of amides is 1. The van der Waals surface area contributed by atoms with Gasteiger partial charge in [0.25, 0.3) is 11.8 Å². The zero-order chi connectivity index (χ0) is 12.2. The molecule has 1 amide bonds. The van der Waals surface area contributed by atoms with E-state index in [1.807, 2.05) is 5.32 Å². The number of pyridine rings is 1. The van der Waals surface area contributed by atoms with E-state index in [1.54, 1.807) is 0 Å². The molecule has 0 spiro atoms. The van der Waals surface area contributed by atoms with E-state index in [1.165, 1.54) is 0 Å². The van der Waals surface area contributed by atoms with Gasteiger partial charge in [-0.1, -0.05) is 0 Å². The fourth-order valence-corrected chi connectivity index (χ4v) is 0.882. The first-order valence-corrected chi connectivity index (χ1v) is 4.42. The predicted octanol–water partition coefficient (Wildman–Crippen LogP) is 0.966. The Labute approximate surface area is 102 Å². The van der Waals surface area contributed by atoms with E-state index < -0.39 is 30.7 Å². The summed E-state index contributed by atoms with van der Waals surface area (Å²) in [6.45, 7) is -1.73. The van der Waals surface area contributed by atoms with E-state index in [0.717, 1.165) is 18.3 Å². The van der Waals surface area contributed by atoms with E-state index >= 15 is 0 Å². The average Bonchev–Trinajstić information content (AvgIpc) is 2.27. The summed E-state index contributed by atoms with van der Waals surface area (Å²) in [5.41, 5.74) is 4.65. The molecule has 8 heteroatoms. The van der Waals surface area contributed by atoms with Gasteiger partial charge in [-0.05, 0) is 12.1 Å². The summed E-state index contributed by atoms with van der Waals surface area (Å²) in [7, 11) is 0. The van der Waals surface area contributed by atoms with Gasteiger partial charge in [0, 0.05) is 0 Å². The molecule has 0 aliphatic heterocycles.